The molecular weight excluding hydrogens is 290 g/mol. The zero-order valence-electron chi connectivity index (χ0n) is 13.1. The van der Waals surface area contributed by atoms with E-state index >= 15 is 0 Å². The lowest BCUT2D eigenvalue weighted by Gasteiger charge is -2.36. The highest BCUT2D eigenvalue weighted by molar-refractivity contribution is 5.91. The van der Waals surface area contributed by atoms with Crippen LogP contribution in [0, 0.1) is 5.92 Å². The Morgan fingerprint density at radius 1 is 1.26 bits per heavy atom. The number of furan rings is 1. The van der Waals surface area contributed by atoms with Gasteiger partial charge in [0.1, 0.15) is 0 Å². The van der Waals surface area contributed by atoms with Gasteiger partial charge in [0.05, 0.1) is 6.26 Å². The number of carbonyl (C=O) groups excluding carboxylic acids is 1. The highest BCUT2D eigenvalue weighted by Crippen LogP contribution is 2.32. The monoisotopic (exact) mass is 311 g/mol. The first-order valence-corrected chi connectivity index (χ1v) is 8.27. The van der Waals surface area contributed by atoms with Crippen LogP contribution >= 0.6 is 0 Å². The first kappa shape index (κ1) is 14.5. The van der Waals surface area contributed by atoms with E-state index in [0.29, 0.717) is 17.7 Å². The Morgan fingerprint density at radius 2 is 2.13 bits per heavy atom. The zero-order valence-corrected chi connectivity index (χ0v) is 13.1. The molecule has 2 saturated heterocycles. The number of nitrogens with zero attached hydrogens (tertiary/aromatic N) is 3. The van der Waals surface area contributed by atoms with E-state index in [-0.39, 0.29) is 5.91 Å². The molecule has 0 radical (unpaired) electrons. The fourth-order valence-corrected chi connectivity index (χ4v) is 3.91. The summed E-state index contributed by atoms with van der Waals surface area (Å²) in [5.41, 5.74) is 1.29. The summed E-state index contributed by atoms with van der Waals surface area (Å²) in [5, 5.41) is 0. The number of amides is 1. The van der Waals surface area contributed by atoms with E-state index in [2.05, 4.69) is 22.0 Å². The van der Waals surface area contributed by atoms with Crippen LogP contribution in [-0.2, 0) is 6.54 Å². The Labute approximate surface area is 135 Å². The maximum atomic E-state index is 12.5. The van der Waals surface area contributed by atoms with Gasteiger partial charge in [-0.25, -0.2) is 0 Å². The highest BCUT2D eigenvalue weighted by atomic mass is 16.3. The van der Waals surface area contributed by atoms with Crippen LogP contribution in [0.5, 0.6) is 0 Å². The minimum Gasteiger partial charge on any atom is -0.459 e. The van der Waals surface area contributed by atoms with Gasteiger partial charge in [0.2, 0.25) is 0 Å². The molecule has 2 aromatic heterocycles. The molecule has 23 heavy (non-hydrogen) atoms. The van der Waals surface area contributed by atoms with Crippen LogP contribution in [0.4, 0.5) is 0 Å². The SMILES string of the molecule is O=C(c1ccco1)N1C[C@H]2CCCN(Cc3ccncc3)[C@H]2C1. The second-order valence-corrected chi connectivity index (χ2v) is 6.48. The molecule has 0 aliphatic carbocycles. The average molecular weight is 311 g/mol. The topological polar surface area (TPSA) is 49.6 Å². The van der Waals surface area contributed by atoms with E-state index in [1.165, 1.54) is 18.4 Å². The molecule has 120 valence electrons. The Balaban J connectivity index is 1.47. The summed E-state index contributed by atoms with van der Waals surface area (Å²) in [6.07, 6.45) is 7.66. The lowest BCUT2D eigenvalue weighted by Crippen LogP contribution is -2.44. The van der Waals surface area contributed by atoms with Crippen LogP contribution in [0.2, 0.25) is 0 Å². The Bertz CT molecular complexity index is 656. The molecule has 0 N–H and O–H groups in total. The summed E-state index contributed by atoms with van der Waals surface area (Å²) >= 11 is 0. The Morgan fingerprint density at radius 3 is 2.91 bits per heavy atom. The molecule has 4 rings (SSSR count). The summed E-state index contributed by atoms with van der Waals surface area (Å²) in [5.74, 6) is 1.04. The van der Waals surface area contributed by atoms with E-state index < -0.39 is 0 Å². The normalized spacial score (nSPS) is 24.6. The van der Waals surface area contributed by atoms with Gasteiger partial charge < -0.3 is 9.32 Å². The Hall–Kier alpha value is -2.14. The maximum absolute atomic E-state index is 12.5. The standard InChI is InChI=1S/C18H21N3O2/c22-18(17-4-2-10-23-17)21-12-15-3-1-9-20(16(15)13-21)11-14-5-7-19-8-6-14/h2,4-8,10,15-16H,1,3,9,11-13H2/t15-,16+/m1/s1. The molecule has 2 aromatic rings. The fourth-order valence-electron chi connectivity index (χ4n) is 3.91. The smallest absolute Gasteiger partial charge is 0.289 e. The minimum absolute atomic E-state index is 0.0215. The van der Waals surface area contributed by atoms with Crippen LogP contribution in [0.15, 0.2) is 47.3 Å². The van der Waals surface area contributed by atoms with Crippen molar-refractivity contribution in [2.75, 3.05) is 19.6 Å². The number of carbonyl (C=O) groups is 1. The summed E-state index contributed by atoms with van der Waals surface area (Å²) in [6, 6.07) is 8.12. The van der Waals surface area contributed by atoms with Crippen LogP contribution < -0.4 is 0 Å². The van der Waals surface area contributed by atoms with Gasteiger partial charge in [-0.1, -0.05) is 0 Å². The number of rotatable bonds is 3. The van der Waals surface area contributed by atoms with Crippen LogP contribution in [0.1, 0.15) is 29.0 Å². The van der Waals surface area contributed by atoms with Crippen molar-refractivity contribution in [2.24, 2.45) is 5.92 Å². The predicted octanol–water partition coefficient (Wildman–Crippen LogP) is 2.41. The first-order chi connectivity index (χ1) is 11.3. The minimum atomic E-state index is 0.0215. The van der Waals surface area contributed by atoms with E-state index in [0.717, 1.165) is 26.2 Å². The summed E-state index contributed by atoms with van der Waals surface area (Å²) < 4.78 is 5.27. The maximum Gasteiger partial charge on any atom is 0.289 e. The number of hydrogen-bond donors (Lipinski definition) is 0. The third kappa shape index (κ3) is 2.88. The van der Waals surface area contributed by atoms with Gasteiger partial charge in [-0.05, 0) is 55.1 Å². The van der Waals surface area contributed by atoms with Gasteiger partial charge in [0, 0.05) is 38.1 Å². The van der Waals surface area contributed by atoms with Gasteiger partial charge in [0.15, 0.2) is 5.76 Å². The molecule has 0 unspecified atom stereocenters. The fraction of sp³-hybridized carbons (Fsp3) is 0.444. The van der Waals surface area contributed by atoms with Crippen molar-refractivity contribution >= 4 is 5.91 Å². The lowest BCUT2D eigenvalue weighted by atomic mass is 9.92. The number of hydrogen-bond acceptors (Lipinski definition) is 4. The molecular formula is C18H21N3O2. The molecule has 2 atom stereocenters. The third-order valence-corrected chi connectivity index (χ3v) is 5.05. The molecule has 0 bridgehead atoms. The number of aromatic nitrogens is 1. The van der Waals surface area contributed by atoms with Gasteiger partial charge >= 0.3 is 0 Å². The summed E-state index contributed by atoms with van der Waals surface area (Å²) in [7, 11) is 0. The molecule has 0 spiro atoms. The largest absolute Gasteiger partial charge is 0.459 e. The van der Waals surface area contributed by atoms with Gasteiger partial charge in [-0.2, -0.15) is 0 Å². The number of piperidine rings is 1. The third-order valence-electron chi connectivity index (χ3n) is 5.05. The molecule has 2 fully saturated rings. The lowest BCUT2D eigenvalue weighted by molar-refractivity contribution is 0.0743. The van der Waals surface area contributed by atoms with Crippen molar-refractivity contribution in [2.45, 2.75) is 25.4 Å². The molecule has 2 aliphatic heterocycles. The quantitative estimate of drug-likeness (QED) is 0.873. The van der Waals surface area contributed by atoms with E-state index in [9.17, 15) is 4.79 Å². The Kier molecular flexibility index (Phi) is 3.87. The second-order valence-electron chi connectivity index (χ2n) is 6.48. The molecule has 5 nitrogen and oxygen atoms in total. The van der Waals surface area contributed by atoms with E-state index in [1.807, 2.05) is 17.3 Å². The number of pyridine rings is 1. The first-order valence-electron chi connectivity index (χ1n) is 8.27. The van der Waals surface area contributed by atoms with Crippen LogP contribution in [0.25, 0.3) is 0 Å². The molecule has 1 amide bonds. The van der Waals surface area contributed by atoms with Gasteiger partial charge in [-0.3, -0.25) is 14.7 Å². The average Bonchev–Trinajstić information content (AvgIpc) is 3.25. The summed E-state index contributed by atoms with van der Waals surface area (Å²) in [4.78, 5) is 21.1. The summed E-state index contributed by atoms with van der Waals surface area (Å²) in [6.45, 7) is 3.69. The predicted molar refractivity (Wildman–Crippen MR) is 85.8 cm³/mol. The van der Waals surface area contributed by atoms with Gasteiger partial charge in [0.25, 0.3) is 5.91 Å². The van der Waals surface area contributed by atoms with Crippen molar-refractivity contribution in [1.82, 2.24) is 14.8 Å². The highest BCUT2D eigenvalue weighted by Gasteiger charge is 2.41. The van der Waals surface area contributed by atoms with Crippen molar-refractivity contribution < 1.29 is 9.21 Å². The zero-order chi connectivity index (χ0) is 15.6. The van der Waals surface area contributed by atoms with Crippen molar-refractivity contribution in [3.05, 3.63) is 54.2 Å². The second kappa shape index (κ2) is 6.16. The number of likely N-dealkylation sites (tertiary alicyclic amines) is 2. The van der Waals surface area contributed by atoms with Crippen molar-refractivity contribution in [3.63, 3.8) is 0 Å². The molecule has 0 aromatic carbocycles. The molecule has 5 heteroatoms. The van der Waals surface area contributed by atoms with Gasteiger partial charge in [-0.15, -0.1) is 0 Å². The van der Waals surface area contributed by atoms with Crippen LogP contribution in [-0.4, -0.2) is 46.4 Å². The molecule has 4 heterocycles. The van der Waals surface area contributed by atoms with E-state index in [4.69, 9.17) is 4.42 Å². The van der Waals surface area contributed by atoms with Crippen LogP contribution in [0.3, 0.4) is 0 Å². The number of fused-ring (bicyclic) bond motifs is 1. The van der Waals surface area contributed by atoms with Crippen molar-refractivity contribution in [3.8, 4) is 0 Å². The molecule has 0 saturated carbocycles. The van der Waals surface area contributed by atoms with Crippen molar-refractivity contribution in [1.29, 1.82) is 0 Å². The molecule has 2 aliphatic rings. The van der Waals surface area contributed by atoms with E-state index in [1.54, 1.807) is 18.4 Å².